The van der Waals surface area contributed by atoms with Crippen molar-refractivity contribution in [1.82, 2.24) is 10.2 Å². The zero-order valence-corrected chi connectivity index (χ0v) is 12.8. The molecule has 2 heterocycles. The zero-order chi connectivity index (χ0) is 15.1. The van der Waals surface area contributed by atoms with Crippen molar-refractivity contribution >= 4 is 11.8 Å². The minimum atomic E-state index is -0.484. The number of hydrogen-bond acceptors (Lipinski definition) is 4. The van der Waals surface area contributed by atoms with Gasteiger partial charge in [-0.05, 0) is 39.0 Å². The van der Waals surface area contributed by atoms with Gasteiger partial charge in [0.1, 0.15) is 12.6 Å². The van der Waals surface area contributed by atoms with Crippen molar-refractivity contribution in [3.05, 3.63) is 0 Å². The largest absolute Gasteiger partial charge is 0.376 e. The smallest absolute Gasteiger partial charge is 0.246 e. The number of rotatable bonds is 6. The lowest BCUT2D eigenvalue weighted by Crippen LogP contribution is -2.49. The van der Waals surface area contributed by atoms with Crippen LogP contribution in [0, 0.1) is 0 Å². The predicted octanol–water partition coefficient (Wildman–Crippen LogP) is 0.699. The van der Waals surface area contributed by atoms with E-state index in [1.807, 2.05) is 4.90 Å². The van der Waals surface area contributed by atoms with Crippen molar-refractivity contribution in [3.63, 3.8) is 0 Å². The first-order valence-electron chi connectivity index (χ1n) is 7.94. The molecule has 0 unspecified atom stereocenters. The molecule has 1 N–H and O–H groups in total. The van der Waals surface area contributed by atoms with Gasteiger partial charge in [-0.15, -0.1) is 0 Å². The lowest BCUT2D eigenvalue weighted by atomic mass is 10.1. The Kier molecular flexibility index (Phi) is 6.45. The van der Waals surface area contributed by atoms with Crippen LogP contribution in [-0.2, 0) is 19.1 Å². The molecule has 2 atom stereocenters. The number of ether oxygens (including phenoxy) is 2. The van der Waals surface area contributed by atoms with Crippen molar-refractivity contribution in [2.75, 3.05) is 32.9 Å². The highest BCUT2D eigenvalue weighted by molar-refractivity contribution is 5.87. The highest BCUT2D eigenvalue weighted by Gasteiger charge is 2.23. The van der Waals surface area contributed by atoms with Gasteiger partial charge in [-0.3, -0.25) is 9.59 Å². The lowest BCUT2D eigenvalue weighted by Gasteiger charge is -2.29. The Morgan fingerprint density at radius 1 is 1.29 bits per heavy atom. The Morgan fingerprint density at radius 3 is 2.71 bits per heavy atom. The Hall–Kier alpha value is -1.14. The number of piperidine rings is 1. The van der Waals surface area contributed by atoms with E-state index in [0.717, 1.165) is 45.4 Å². The SMILES string of the molecule is C[C@H](NC(=O)COC[C@H]1CCCO1)C(=O)N1CCCCC1. The van der Waals surface area contributed by atoms with Gasteiger partial charge < -0.3 is 19.7 Å². The fraction of sp³-hybridized carbons (Fsp3) is 0.867. The summed E-state index contributed by atoms with van der Waals surface area (Å²) in [4.78, 5) is 25.8. The van der Waals surface area contributed by atoms with Gasteiger partial charge in [0.25, 0.3) is 0 Å². The molecular weight excluding hydrogens is 272 g/mol. The number of carbonyl (C=O) groups is 2. The summed E-state index contributed by atoms with van der Waals surface area (Å²) in [6.45, 7) is 4.54. The van der Waals surface area contributed by atoms with Crippen molar-refractivity contribution in [2.45, 2.75) is 51.2 Å². The Labute approximate surface area is 126 Å². The van der Waals surface area contributed by atoms with Crippen molar-refractivity contribution in [1.29, 1.82) is 0 Å². The maximum Gasteiger partial charge on any atom is 0.246 e. The molecule has 0 aromatic heterocycles. The number of nitrogens with one attached hydrogen (secondary N) is 1. The van der Waals surface area contributed by atoms with Gasteiger partial charge >= 0.3 is 0 Å². The number of hydrogen-bond donors (Lipinski definition) is 1. The fourth-order valence-corrected chi connectivity index (χ4v) is 2.79. The van der Waals surface area contributed by atoms with Gasteiger partial charge in [0, 0.05) is 19.7 Å². The molecule has 2 rings (SSSR count). The molecule has 2 saturated heterocycles. The first-order chi connectivity index (χ1) is 10.2. The van der Waals surface area contributed by atoms with Crippen molar-refractivity contribution in [2.24, 2.45) is 0 Å². The highest BCUT2D eigenvalue weighted by Crippen LogP contribution is 2.12. The summed E-state index contributed by atoms with van der Waals surface area (Å²) in [6.07, 6.45) is 5.45. The Bertz CT molecular complexity index is 350. The third-order valence-electron chi connectivity index (χ3n) is 3.98. The van der Waals surface area contributed by atoms with E-state index in [0.29, 0.717) is 6.61 Å². The highest BCUT2D eigenvalue weighted by atomic mass is 16.5. The molecular formula is C15H26N2O4. The quantitative estimate of drug-likeness (QED) is 0.784. The first kappa shape index (κ1) is 16.2. The molecule has 21 heavy (non-hydrogen) atoms. The molecule has 0 aromatic rings. The van der Waals surface area contributed by atoms with Gasteiger partial charge in [-0.1, -0.05) is 0 Å². The minimum absolute atomic E-state index is 0.00202. The van der Waals surface area contributed by atoms with Crippen LogP contribution >= 0.6 is 0 Å². The second-order valence-corrected chi connectivity index (χ2v) is 5.83. The fourth-order valence-electron chi connectivity index (χ4n) is 2.79. The van der Waals surface area contributed by atoms with Crippen LogP contribution in [-0.4, -0.2) is 61.8 Å². The van der Waals surface area contributed by atoms with E-state index in [1.54, 1.807) is 6.92 Å². The molecule has 120 valence electrons. The van der Waals surface area contributed by atoms with Crippen molar-refractivity contribution < 1.29 is 19.1 Å². The second kappa shape index (κ2) is 8.34. The Morgan fingerprint density at radius 2 is 2.05 bits per heavy atom. The Balaban J connectivity index is 1.62. The van der Waals surface area contributed by atoms with E-state index >= 15 is 0 Å². The number of likely N-dealkylation sites (tertiary alicyclic amines) is 1. The molecule has 0 saturated carbocycles. The summed E-state index contributed by atoms with van der Waals surface area (Å²) in [6, 6.07) is -0.484. The average Bonchev–Trinajstić information content (AvgIpc) is 3.00. The van der Waals surface area contributed by atoms with E-state index in [9.17, 15) is 9.59 Å². The van der Waals surface area contributed by atoms with Gasteiger partial charge in [-0.25, -0.2) is 0 Å². The summed E-state index contributed by atoms with van der Waals surface area (Å²) < 4.78 is 10.8. The van der Waals surface area contributed by atoms with Gasteiger partial charge in [0.15, 0.2) is 0 Å². The molecule has 2 fully saturated rings. The molecule has 2 aliphatic rings. The first-order valence-corrected chi connectivity index (χ1v) is 7.94. The number of nitrogens with zero attached hydrogens (tertiary/aromatic N) is 1. The number of amides is 2. The molecule has 0 aliphatic carbocycles. The standard InChI is InChI=1S/C15H26N2O4/c1-12(15(19)17-7-3-2-4-8-17)16-14(18)11-20-10-13-6-5-9-21-13/h12-13H,2-11H2,1H3,(H,16,18)/t12-,13+/m0/s1. The van der Waals surface area contributed by atoms with Crippen LogP contribution in [0.15, 0.2) is 0 Å². The molecule has 2 amide bonds. The molecule has 0 aromatic carbocycles. The second-order valence-electron chi connectivity index (χ2n) is 5.83. The molecule has 0 bridgehead atoms. The van der Waals surface area contributed by atoms with E-state index in [-0.39, 0.29) is 24.5 Å². The molecule has 6 nitrogen and oxygen atoms in total. The maximum atomic E-state index is 12.2. The number of carbonyl (C=O) groups excluding carboxylic acids is 2. The normalized spacial score (nSPS) is 23.9. The van der Waals surface area contributed by atoms with E-state index in [2.05, 4.69) is 5.32 Å². The molecule has 2 aliphatic heterocycles. The minimum Gasteiger partial charge on any atom is -0.376 e. The van der Waals surface area contributed by atoms with E-state index in [1.165, 1.54) is 6.42 Å². The summed E-state index contributed by atoms with van der Waals surface area (Å²) in [7, 11) is 0. The molecule has 6 heteroatoms. The van der Waals surface area contributed by atoms with Crippen LogP contribution in [0.2, 0.25) is 0 Å². The molecule has 0 spiro atoms. The monoisotopic (exact) mass is 298 g/mol. The zero-order valence-electron chi connectivity index (χ0n) is 12.8. The van der Waals surface area contributed by atoms with Crippen LogP contribution in [0.4, 0.5) is 0 Å². The lowest BCUT2D eigenvalue weighted by molar-refractivity contribution is -0.138. The van der Waals surface area contributed by atoms with Crippen LogP contribution in [0.3, 0.4) is 0 Å². The van der Waals surface area contributed by atoms with Crippen LogP contribution < -0.4 is 5.32 Å². The van der Waals surface area contributed by atoms with Crippen LogP contribution in [0.25, 0.3) is 0 Å². The third kappa shape index (κ3) is 5.28. The summed E-state index contributed by atoms with van der Waals surface area (Å²) in [5, 5.41) is 2.71. The van der Waals surface area contributed by atoms with Gasteiger partial charge in [-0.2, -0.15) is 0 Å². The van der Waals surface area contributed by atoms with Gasteiger partial charge in [0.2, 0.25) is 11.8 Å². The van der Waals surface area contributed by atoms with E-state index < -0.39 is 6.04 Å². The predicted molar refractivity (Wildman–Crippen MR) is 77.8 cm³/mol. The summed E-state index contributed by atoms with van der Waals surface area (Å²) in [5.41, 5.74) is 0. The van der Waals surface area contributed by atoms with Gasteiger partial charge in [0.05, 0.1) is 12.7 Å². The summed E-state index contributed by atoms with van der Waals surface area (Å²) >= 11 is 0. The molecule has 0 radical (unpaired) electrons. The summed E-state index contributed by atoms with van der Waals surface area (Å²) in [5.74, 6) is -0.243. The van der Waals surface area contributed by atoms with E-state index in [4.69, 9.17) is 9.47 Å². The maximum absolute atomic E-state index is 12.2. The average molecular weight is 298 g/mol. The van der Waals surface area contributed by atoms with Crippen LogP contribution in [0.1, 0.15) is 39.0 Å². The topological polar surface area (TPSA) is 67.9 Å². The van der Waals surface area contributed by atoms with Crippen LogP contribution in [0.5, 0.6) is 0 Å². The third-order valence-corrected chi connectivity index (χ3v) is 3.98. The van der Waals surface area contributed by atoms with Crippen molar-refractivity contribution in [3.8, 4) is 0 Å².